The van der Waals surface area contributed by atoms with E-state index in [0.717, 1.165) is 27.7 Å². The van der Waals surface area contributed by atoms with Crippen LogP contribution in [-0.2, 0) is 0 Å². The summed E-state index contributed by atoms with van der Waals surface area (Å²) in [4.78, 5) is 11.3. The van der Waals surface area contributed by atoms with Crippen molar-refractivity contribution in [3.05, 3.63) is 24.5 Å². The first-order valence-corrected chi connectivity index (χ1v) is 4.85. The second-order valence-electron chi connectivity index (χ2n) is 3.52. The van der Waals surface area contributed by atoms with Crippen LogP contribution in [0.3, 0.4) is 0 Å². The van der Waals surface area contributed by atoms with Crippen LogP contribution in [0.4, 0.5) is 5.82 Å². The van der Waals surface area contributed by atoms with Gasteiger partial charge in [0, 0.05) is 11.5 Å². The van der Waals surface area contributed by atoms with Crippen LogP contribution in [0.2, 0.25) is 0 Å². The quantitative estimate of drug-likeness (QED) is 0.646. The zero-order chi connectivity index (χ0) is 11.1. The number of rotatable bonds is 1. The molecule has 0 aliphatic rings. The van der Waals surface area contributed by atoms with E-state index in [-0.39, 0.29) is 0 Å². The van der Waals surface area contributed by atoms with Crippen LogP contribution in [-0.4, -0.2) is 22.1 Å². The van der Waals surface area contributed by atoms with Crippen molar-refractivity contribution in [3.63, 3.8) is 0 Å². The van der Waals surface area contributed by atoms with Gasteiger partial charge in [0.15, 0.2) is 0 Å². The Morgan fingerprint density at radius 1 is 1.31 bits per heavy atom. The number of nitrogens with zero attached hydrogens (tertiary/aromatic N) is 2. The molecule has 5 heteroatoms. The van der Waals surface area contributed by atoms with E-state index < -0.39 is 0 Å². The highest BCUT2D eigenvalue weighted by atomic mass is 16.5. The molecule has 0 unspecified atom stereocenters. The number of aromatic amines is 1. The lowest BCUT2D eigenvalue weighted by Crippen LogP contribution is -1.91. The molecule has 0 bridgehead atoms. The third kappa shape index (κ3) is 1.11. The van der Waals surface area contributed by atoms with E-state index in [9.17, 15) is 0 Å². The summed E-state index contributed by atoms with van der Waals surface area (Å²) in [6.45, 7) is 0. The Bertz CT molecular complexity index is 674. The van der Waals surface area contributed by atoms with Crippen molar-refractivity contribution in [1.29, 1.82) is 0 Å². The minimum Gasteiger partial charge on any atom is -0.497 e. The van der Waals surface area contributed by atoms with Gasteiger partial charge in [-0.2, -0.15) is 0 Å². The Labute approximate surface area is 91.3 Å². The predicted octanol–water partition coefficient (Wildman–Crippen LogP) is 1.70. The van der Waals surface area contributed by atoms with Gasteiger partial charge in [0.1, 0.15) is 23.5 Å². The van der Waals surface area contributed by atoms with Gasteiger partial charge in [-0.15, -0.1) is 0 Å². The number of hydrogen-bond acceptors (Lipinski definition) is 4. The molecule has 0 spiro atoms. The number of H-pyrrole nitrogens is 1. The van der Waals surface area contributed by atoms with Gasteiger partial charge in [-0.25, -0.2) is 9.97 Å². The number of aromatic nitrogens is 3. The van der Waals surface area contributed by atoms with Crippen LogP contribution < -0.4 is 10.5 Å². The SMILES string of the molecule is COc1ccc2c(c1)[nH]c1ncnc(N)c12. The molecule has 2 aromatic heterocycles. The van der Waals surface area contributed by atoms with E-state index in [1.807, 2.05) is 18.2 Å². The fraction of sp³-hybridized carbons (Fsp3) is 0.0909. The molecular formula is C11H10N4O. The first-order valence-electron chi connectivity index (χ1n) is 4.85. The van der Waals surface area contributed by atoms with Crippen molar-refractivity contribution in [3.8, 4) is 5.75 Å². The number of anilines is 1. The summed E-state index contributed by atoms with van der Waals surface area (Å²) >= 11 is 0. The summed E-state index contributed by atoms with van der Waals surface area (Å²) in [6, 6.07) is 5.76. The van der Waals surface area contributed by atoms with E-state index in [1.54, 1.807) is 7.11 Å². The molecule has 0 amide bonds. The van der Waals surface area contributed by atoms with Crippen LogP contribution in [0.15, 0.2) is 24.5 Å². The fourth-order valence-electron chi connectivity index (χ4n) is 1.86. The van der Waals surface area contributed by atoms with Crippen LogP contribution in [0.25, 0.3) is 21.9 Å². The molecule has 0 aliphatic carbocycles. The van der Waals surface area contributed by atoms with Gasteiger partial charge in [-0.05, 0) is 12.1 Å². The van der Waals surface area contributed by atoms with E-state index in [0.29, 0.717) is 5.82 Å². The maximum atomic E-state index is 5.83. The lowest BCUT2D eigenvalue weighted by Gasteiger charge is -1.98. The normalized spacial score (nSPS) is 11.1. The first-order chi connectivity index (χ1) is 7.79. The van der Waals surface area contributed by atoms with Crippen molar-refractivity contribution in [2.24, 2.45) is 0 Å². The molecule has 80 valence electrons. The summed E-state index contributed by atoms with van der Waals surface area (Å²) in [5.74, 6) is 1.28. The van der Waals surface area contributed by atoms with E-state index >= 15 is 0 Å². The number of benzene rings is 1. The smallest absolute Gasteiger partial charge is 0.143 e. The molecule has 0 radical (unpaired) electrons. The van der Waals surface area contributed by atoms with Crippen molar-refractivity contribution >= 4 is 27.8 Å². The van der Waals surface area contributed by atoms with E-state index in [2.05, 4.69) is 15.0 Å². The molecule has 0 saturated carbocycles. The molecular weight excluding hydrogens is 204 g/mol. The second-order valence-corrected chi connectivity index (χ2v) is 3.52. The minimum absolute atomic E-state index is 0.487. The maximum Gasteiger partial charge on any atom is 0.143 e. The number of nitrogens with one attached hydrogen (secondary N) is 1. The number of ether oxygens (including phenoxy) is 1. The maximum absolute atomic E-state index is 5.83. The molecule has 0 aliphatic heterocycles. The van der Waals surface area contributed by atoms with Crippen LogP contribution in [0.1, 0.15) is 0 Å². The average molecular weight is 214 g/mol. The Kier molecular flexibility index (Phi) is 1.73. The molecule has 3 N–H and O–H groups in total. The zero-order valence-electron chi connectivity index (χ0n) is 8.69. The summed E-state index contributed by atoms with van der Waals surface area (Å²) in [5, 5.41) is 1.87. The second kappa shape index (κ2) is 3.10. The standard InChI is InChI=1S/C11H10N4O/c1-16-6-2-3-7-8(4-6)15-11-9(7)10(12)13-5-14-11/h2-5H,1H3,(H3,12,13,14,15). The zero-order valence-corrected chi connectivity index (χ0v) is 8.69. The van der Waals surface area contributed by atoms with Gasteiger partial charge in [0.25, 0.3) is 0 Å². The van der Waals surface area contributed by atoms with Gasteiger partial charge in [-0.3, -0.25) is 0 Å². The van der Waals surface area contributed by atoms with E-state index in [4.69, 9.17) is 10.5 Å². The first kappa shape index (κ1) is 8.96. The molecule has 0 fully saturated rings. The molecule has 0 atom stereocenters. The largest absolute Gasteiger partial charge is 0.497 e. The lowest BCUT2D eigenvalue weighted by molar-refractivity contribution is 0.415. The van der Waals surface area contributed by atoms with Crippen molar-refractivity contribution in [1.82, 2.24) is 15.0 Å². The molecule has 3 aromatic rings. The highest BCUT2D eigenvalue weighted by molar-refractivity contribution is 6.10. The third-order valence-electron chi connectivity index (χ3n) is 2.63. The minimum atomic E-state index is 0.487. The third-order valence-corrected chi connectivity index (χ3v) is 2.63. The number of methoxy groups -OCH3 is 1. The molecule has 1 aromatic carbocycles. The summed E-state index contributed by atoms with van der Waals surface area (Å²) in [6.07, 6.45) is 1.45. The topological polar surface area (TPSA) is 76.8 Å². The van der Waals surface area contributed by atoms with Crippen molar-refractivity contribution in [2.45, 2.75) is 0 Å². The van der Waals surface area contributed by atoms with Gasteiger partial charge in [-0.1, -0.05) is 0 Å². The number of nitrogen functional groups attached to an aromatic ring is 1. The van der Waals surface area contributed by atoms with Crippen LogP contribution >= 0.6 is 0 Å². The van der Waals surface area contributed by atoms with E-state index in [1.165, 1.54) is 6.33 Å². The molecule has 3 rings (SSSR count). The van der Waals surface area contributed by atoms with Crippen LogP contribution in [0.5, 0.6) is 5.75 Å². The van der Waals surface area contributed by atoms with Crippen LogP contribution in [0, 0.1) is 0 Å². The molecule has 5 nitrogen and oxygen atoms in total. The molecule has 0 saturated heterocycles. The molecule has 16 heavy (non-hydrogen) atoms. The lowest BCUT2D eigenvalue weighted by atomic mass is 10.2. The Balaban J connectivity index is 2.47. The summed E-state index contributed by atoms with van der Waals surface area (Å²) in [7, 11) is 1.64. The summed E-state index contributed by atoms with van der Waals surface area (Å²) < 4.78 is 5.16. The Morgan fingerprint density at radius 2 is 2.19 bits per heavy atom. The van der Waals surface area contributed by atoms with Gasteiger partial charge in [0.05, 0.1) is 18.0 Å². The molecule has 2 heterocycles. The number of fused-ring (bicyclic) bond motifs is 3. The average Bonchev–Trinajstić information content (AvgIpc) is 2.67. The monoisotopic (exact) mass is 214 g/mol. The van der Waals surface area contributed by atoms with Gasteiger partial charge < -0.3 is 15.5 Å². The number of hydrogen-bond donors (Lipinski definition) is 2. The number of nitrogens with two attached hydrogens (primary N) is 1. The van der Waals surface area contributed by atoms with Gasteiger partial charge in [0.2, 0.25) is 0 Å². The van der Waals surface area contributed by atoms with Crippen molar-refractivity contribution in [2.75, 3.05) is 12.8 Å². The fourth-order valence-corrected chi connectivity index (χ4v) is 1.86. The van der Waals surface area contributed by atoms with Crippen molar-refractivity contribution < 1.29 is 4.74 Å². The van der Waals surface area contributed by atoms with Gasteiger partial charge >= 0.3 is 0 Å². The highest BCUT2D eigenvalue weighted by Crippen LogP contribution is 2.29. The Hall–Kier alpha value is -2.30. The highest BCUT2D eigenvalue weighted by Gasteiger charge is 2.09. The Morgan fingerprint density at radius 3 is 3.00 bits per heavy atom. The predicted molar refractivity (Wildman–Crippen MR) is 62.4 cm³/mol. The summed E-state index contributed by atoms with van der Waals surface area (Å²) in [5.41, 5.74) is 7.53.